The second-order valence-electron chi connectivity index (χ2n) is 5.49. The molecule has 0 saturated carbocycles. The number of hydrogen-bond donors (Lipinski definition) is 0. The third kappa shape index (κ3) is 3.42. The third-order valence-corrected chi connectivity index (χ3v) is 3.76. The van der Waals surface area contributed by atoms with Crippen LogP contribution in [0.1, 0.15) is 42.1 Å². The predicted molar refractivity (Wildman–Crippen MR) is 75.0 cm³/mol. The number of nitrogens with zero attached hydrogens (tertiary/aromatic N) is 1. The molecular weight excluding hydrogens is 222 g/mol. The highest BCUT2D eigenvalue weighted by Gasteiger charge is 2.19. The number of carbonyl (C=O) groups is 1. The predicted octanol–water partition coefficient (Wildman–Crippen LogP) is 3.30. The number of Topliss-reactive ketones (excluding diaryl/α,β-unsaturated/α-hetero) is 1. The van der Waals surface area contributed by atoms with Gasteiger partial charge in [0.15, 0.2) is 5.78 Å². The third-order valence-electron chi connectivity index (χ3n) is 3.76. The Kier molecular flexibility index (Phi) is 4.54. The average Bonchev–Trinajstić information content (AvgIpc) is 2.40. The van der Waals surface area contributed by atoms with E-state index in [1.54, 1.807) is 0 Å². The minimum absolute atomic E-state index is 0.103. The molecule has 0 radical (unpaired) electrons. The van der Waals surface area contributed by atoms with Gasteiger partial charge in [-0.1, -0.05) is 43.2 Å². The van der Waals surface area contributed by atoms with Gasteiger partial charge in [-0.05, 0) is 32.9 Å². The van der Waals surface area contributed by atoms with Gasteiger partial charge in [-0.15, -0.1) is 0 Å². The Morgan fingerprint density at radius 3 is 2.39 bits per heavy atom. The molecule has 2 nitrogen and oxygen atoms in total. The fourth-order valence-corrected chi connectivity index (χ4v) is 2.61. The molecule has 0 N–H and O–H groups in total. The van der Waals surface area contributed by atoms with E-state index in [0.717, 1.165) is 25.2 Å². The van der Waals surface area contributed by atoms with Crippen LogP contribution in [0.5, 0.6) is 0 Å². The Hall–Kier alpha value is -1.15. The Labute approximate surface area is 110 Å². The van der Waals surface area contributed by atoms with Gasteiger partial charge < -0.3 is 4.90 Å². The van der Waals surface area contributed by atoms with Crippen LogP contribution < -0.4 is 0 Å². The number of carbonyl (C=O) groups excluding carboxylic acids is 1. The maximum atomic E-state index is 12.3. The molecule has 1 aromatic rings. The summed E-state index contributed by atoms with van der Waals surface area (Å²) >= 11 is 0. The second-order valence-corrected chi connectivity index (χ2v) is 5.49. The van der Waals surface area contributed by atoms with Gasteiger partial charge in [0.2, 0.25) is 0 Å². The van der Waals surface area contributed by atoms with E-state index >= 15 is 0 Å². The van der Waals surface area contributed by atoms with Crippen LogP contribution in [0.2, 0.25) is 0 Å². The molecule has 1 heterocycles. The normalized spacial score (nSPS) is 18.6. The zero-order valence-electron chi connectivity index (χ0n) is 11.5. The maximum Gasteiger partial charge on any atom is 0.166 e. The summed E-state index contributed by atoms with van der Waals surface area (Å²) in [5.74, 6) is 0.381. The lowest BCUT2D eigenvalue weighted by Gasteiger charge is -2.28. The summed E-state index contributed by atoms with van der Waals surface area (Å²) in [6.45, 7) is 7.33. The smallest absolute Gasteiger partial charge is 0.166 e. The number of hydrogen-bond acceptors (Lipinski definition) is 2. The lowest BCUT2D eigenvalue weighted by molar-refractivity contribution is 0.0883. The standard InChI is InChI=1S/C16H23NO/c1-13-6-8-15(9-7-13)16(18)14(2)12-17-10-4-3-5-11-17/h6-9,14H,3-5,10-12H2,1-2H3/t14-/m0/s1. The Morgan fingerprint density at radius 2 is 1.78 bits per heavy atom. The molecule has 0 spiro atoms. The van der Waals surface area contributed by atoms with Crippen molar-refractivity contribution in [2.45, 2.75) is 33.1 Å². The van der Waals surface area contributed by atoms with Crippen LogP contribution in [-0.2, 0) is 0 Å². The SMILES string of the molecule is Cc1ccc(C(=O)[C@@H](C)CN2CCCCC2)cc1. The summed E-state index contributed by atoms with van der Waals surface area (Å²) in [5, 5.41) is 0. The van der Waals surface area contributed by atoms with Crippen LogP contribution in [-0.4, -0.2) is 30.3 Å². The first-order valence-corrected chi connectivity index (χ1v) is 7.00. The number of piperidine rings is 1. The van der Waals surface area contributed by atoms with E-state index in [-0.39, 0.29) is 11.7 Å². The maximum absolute atomic E-state index is 12.3. The minimum Gasteiger partial charge on any atom is -0.303 e. The van der Waals surface area contributed by atoms with Crippen molar-refractivity contribution in [2.75, 3.05) is 19.6 Å². The van der Waals surface area contributed by atoms with Crippen LogP contribution in [0, 0.1) is 12.8 Å². The topological polar surface area (TPSA) is 20.3 Å². The summed E-state index contributed by atoms with van der Waals surface area (Å²) in [6, 6.07) is 7.93. The fraction of sp³-hybridized carbons (Fsp3) is 0.562. The number of ketones is 1. The summed E-state index contributed by atoms with van der Waals surface area (Å²) in [4.78, 5) is 14.7. The van der Waals surface area contributed by atoms with Gasteiger partial charge in [0.25, 0.3) is 0 Å². The first kappa shape index (κ1) is 13.3. The number of likely N-dealkylation sites (tertiary alicyclic amines) is 1. The first-order chi connectivity index (χ1) is 8.66. The van der Waals surface area contributed by atoms with Gasteiger partial charge >= 0.3 is 0 Å². The molecule has 1 aliphatic heterocycles. The van der Waals surface area contributed by atoms with Crippen molar-refractivity contribution in [3.63, 3.8) is 0 Å². The fourth-order valence-electron chi connectivity index (χ4n) is 2.61. The highest BCUT2D eigenvalue weighted by atomic mass is 16.1. The molecule has 1 aromatic carbocycles. The van der Waals surface area contributed by atoms with Gasteiger partial charge in [-0.3, -0.25) is 4.79 Å². The molecule has 0 unspecified atom stereocenters. The van der Waals surface area contributed by atoms with Crippen LogP contribution in [0.15, 0.2) is 24.3 Å². The summed E-state index contributed by atoms with van der Waals surface area (Å²) in [6.07, 6.45) is 3.91. The molecule has 0 aromatic heterocycles. The highest BCUT2D eigenvalue weighted by molar-refractivity contribution is 5.97. The molecule has 2 rings (SSSR count). The van der Waals surface area contributed by atoms with E-state index in [0.29, 0.717) is 0 Å². The molecule has 1 atom stereocenters. The molecule has 1 fully saturated rings. The van der Waals surface area contributed by atoms with Gasteiger partial charge in [0.1, 0.15) is 0 Å². The lowest BCUT2D eigenvalue weighted by atomic mass is 9.97. The Balaban J connectivity index is 1.93. The second kappa shape index (κ2) is 6.14. The monoisotopic (exact) mass is 245 g/mol. The minimum atomic E-state index is 0.103. The van der Waals surface area contributed by atoms with Crippen LogP contribution in [0.25, 0.3) is 0 Å². The largest absolute Gasteiger partial charge is 0.303 e. The molecule has 1 aliphatic rings. The molecule has 0 bridgehead atoms. The van der Waals surface area contributed by atoms with Gasteiger partial charge in [0, 0.05) is 18.0 Å². The number of rotatable bonds is 4. The van der Waals surface area contributed by atoms with Crippen molar-refractivity contribution in [3.8, 4) is 0 Å². The molecular formula is C16H23NO. The van der Waals surface area contributed by atoms with E-state index in [1.807, 2.05) is 31.2 Å². The van der Waals surface area contributed by atoms with Crippen molar-refractivity contribution in [2.24, 2.45) is 5.92 Å². The van der Waals surface area contributed by atoms with Crippen LogP contribution in [0.3, 0.4) is 0 Å². The molecule has 98 valence electrons. The van der Waals surface area contributed by atoms with Crippen molar-refractivity contribution in [1.29, 1.82) is 0 Å². The van der Waals surface area contributed by atoms with Gasteiger partial charge in [-0.25, -0.2) is 0 Å². The van der Waals surface area contributed by atoms with Crippen LogP contribution >= 0.6 is 0 Å². The van der Waals surface area contributed by atoms with Crippen molar-refractivity contribution in [1.82, 2.24) is 4.90 Å². The average molecular weight is 245 g/mol. The van der Waals surface area contributed by atoms with E-state index in [2.05, 4.69) is 11.8 Å². The number of aryl methyl sites for hydroxylation is 1. The van der Waals surface area contributed by atoms with Crippen molar-refractivity contribution >= 4 is 5.78 Å². The number of benzene rings is 1. The summed E-state index contributed by atoms with van der Waals surface area (Å²) in [5.41, 5.74) is 2.06. The van der Waals surface area contributed by atoms with E-state index in [1.165, 1.54) is 24.8 Å². The zero-order valence-corrected chi connectivity index (χ0v) is 11.5. The van der Waals surface area contributed by atoms with Gasteiger partial charge in [0.05, 0.1) is 0 Å². The van der Waals surface area contributed by atoms with Crippen molar-refractivity contribution < 1.29 is 4.79 Å². The Morgan fingerprint density at radius 1 is 1.17 bits per heavy atom. The zero-order chi connectivity index (χ0) is 13.0. The quantitative estimate of drug-likeness (QED) is 0.759. The van der Waals surface area contributed by atoms with Gasteiger partial charge in [-0.2, -0.15) is 0 Å². The highest BCUT2D eigenvalue weighted by Crippen LogP contribution is 2.15. The molecule has 0 amide bonds. The molecule has 0 aliphatic carbocycles. The Bertz CT molecular complexity index is 390. The molecule has 18 heavy (non-hydrogen) atoms. The summed E-state index contributed by atoms with van der Waals surface area (Å²) < 4.78 is 0. The van der Waals surface area contributed by atoms with E-state index in [9.17, 15) is 4.79 Å². The van der Waals surface area contributed by atoms with E-state index in [4.69, 9.17) is 0 Å². The van der Waals surface area contributed by atoms with Crippen molar-refractivity contribution in [3.05, 3.63) is 35.4 Å². The van der Waals surface area contributed by atoms with Crippen LogP contribution in [0.4, 0.5) is 0 Å². The molecule has 1 saturated heterocycles. The van der Waals surface area contributed by atoms with E-state index < -0.39 is 0 Å². The summed E-state index contributed by atoms with van der Waals surface area (Å²) in [7, 11) is 0. The molecule has 2 heteroatoms. The lowest BCUT2D eigenvalue weighted by Crippen LogP contribution is -2.35. The first-order valence-electron chi connectivity index (χ1n) is 7.00.